The zero-order valence-corrected chi connectivity index (χ0v) is 18.3. The van der Waals surface area contributed by atoms with Crippen LogP contribution in [0.1, 0.15) is 41.5 Å². The van der Waals surface area contributed by atoms with Crippen LogP contribution in [-0.2, 0) is 0 Å². The second-order valence-electron chi connectivity index (χ2n) is 6.76. The van der Waals surface area contributed by atoms with E-state index in [0.717, 1.165) is 3.57 Å². The number of ketones is 1. The number of nitrogens with one attached hydrogen (secondary N) is 2. The van der Waals surface area contributed by atoms with Gasteiger partial charge in [-0.3, -0.25) is 9.59 Å². The lowest BCUT2D eigenvalue weighted by atomic mass is 10.1. The molecule has 0 aliphatic heterocycles. The topological polar surface area (TPSA) is 87.7 Å². The number of hydrogen-bond acceptors (Lipinski definition) is 5. The highest BCUT2D eigenvalue weighted by Crippen LogP contribution is 2.24. The molecule has 0 spiro atoms. The number of anilines is 1. The smallest absolute Gasteiger partial charge is 0.255 e. The van der Waals surface area contributed by atoms with Gasteiger partial charge in [-0.25, -0.2) is 0 Å². The van der Waals surface area contributed by atoms with Crippen LogP contribution in [0.3, 0.4) is 0 Å². The molecule has 0 saturated carbocycles. The Morgan fingerprint density at radius 1 is 1.14 bits per heavy atom. The predicted octanol–water partition coefficient (Wildman–Crippen LogP) is 3.48. The summed E-state index contributed by atoms with van der Waals surface area (Å²) in [5.74, 6) is -0.0618. The second kappa shape index (κ2) is 10.5. The molecule has 2 rings (SSSR count). The highest BCUT2D eigenvalue weighted by Gasteiger charge is 2.14. The maximum absolute atomic E-state index is 12.4. The van der Waals surface area contributed by atoms with E-state index in [1.807, 2.05) is 26.0 Å². The Hall–Kier alpha value is -1.97. The van der Waals surface area contributed by atoms with E-state index >= 15 is 0 Å². The van der Waals surface area contributed by atoms with E-state index in [0.29, 0.717) is 29.1 Å². The van der Waals surface area contributed by atoms with Gasteiger partial charge >= 0.3 is 0 Å². The second-order valence-corrected chi connectivity index (χ2v) is 8.00. The SMILES string of the molecule is CC(=O)c1cc(NC(=O)c2ccc(I)cc2)ccc1OCC(O)CNC(C)C. The van der Waals surface area contributed by atoms with Crippen molar-refractivity contribution < 1.29 is 19.4 Å². The molecule has 6 nitrogen and oxygen atoms in total. The van der Waals surface area contributed by atoms with E-state index < -0.39 is 6.10 Å². The maximum Gasteiger partial charge on any atom is 0.255 e. The molecule has 1 atom stereocenters. The largest absolute Gasteiger partial charge is 0.490 e. The fourth-order valence-electron chi connectivity index (χ4n) is 2.43. The fourth-order valence-corrected chi connectivity index (χ4v) is 2.79. The third kappa shape index (κ3) is 6.88. The van der Waals surface area contributed by atoms with Crippen LogP contribution in [0.25, 0.3) is 0 Å². The fraction of sp³-hybridized carbons (Fsp3) is 0.333. The monoisotopic (exact) mass is 496 g/mol. The van der Waals surface area contributed by atoms with Crippen molar-refractivity contribution in [3.63, 3.8) is 0 Å². The van der Waals surface area contributed by atoms with Gasteiger partial charge in [0.25, 0.3) is 5.91 Å². The Balaban J connectivity index is 2.06. The van der Waals surface area contributed by atoms with Crippen molar-refractivity contribution in [3.8, 4) is 5.75 Å². The average Bonchev–Trinajstić information content (AvgIpc) is 2.65. The average molecular weight is 496 g/mol. The van der Waals surface area contributed by atoms with Gasteiger partial charge in [0.05, 0.1) is 5.56 Å². The van der Waals surface area contributed by atoms with Gasteiger partial charge in [0.15, 0.2) is 5.78 Å². The van der Waals surface area contributed by atoms with Crippen LogP contribution in [0, 0.1) is 3.57 Å². The van der Waals surface area contributed by atoms with Crippen LogP contribution >= 0.6 is 22.6 Å². The molecule has 0 aromatic heterocycles. The molecule has 3 N–H and O–H groups in total. The lowest BCUT2D eigenvalue weighted by Crippen LogP contribution is -2.35. The molecule has 1 unspecified atom stereocenters. The van der Waals surface area contributed by atoms with E-state index in [9.17, 15) is 14.7 Å². The molecule has 0 fully saturated rings. The summed E-state index contributed by atoms with van der Waals surface area (Å²) >= 11 is 2.17. The number of carbonyl (C=O) groups is 2. The number of carbonyl (C=O) groups excluding carboxylic acids is 2. The molecular formula is C21H25IN2O4. The molecule has 0 aliphatic rings. The number of benzene rings is 2. The van der Waals surface area contributed by atoms with Crippen molar-refractivity contribution in [2.75, 3.05) is 18.5 Å². The molecule has 2 aromatic rings. The highest BCUT2D eigenvalue weighted by atomic mass is 127. The van der Waals surface area contributed by atoms with Gasteiger partial charge in [0, 0.05) is 27.4 Å². The first kappa shape index (κ1) is 22.3. The van der Waals surface area contributed by atoms with E-state index in [2.05, 4.69) is 33.2 Å². The molecule has 0 aliphatic carbocycles. The summed E-state index contributed by atoms with van der Waals surface area (Å²) in [6.45, 7) is 5.88. The molecule has 0 saturated heterocycles. The van der Waals surface area contributed by atoms with E-state index in [1.165, 1.54) is 6.92 Å². The van der Waals surface area contributed by atoms with Crippen LogP contribution in [0.2, 0.25) is 0 Å². The quantitative estimate of drug-likeness (QED) is 0.366. The summed E-state index contributed by atoms with van der Waals surface area (Å²) in [6.07, 6.45) is -0.692. The van der Waals surface area contributed by atoms with Crippen LogP contribution in [0.15, 0.2) is 42.5 Å². The molecule has 2 aromatic carbocycles. The summed E-state index contributed by atoms with van der Waals surface area (Å²) in [6, 6.07) is 12.3. The van der Waals surface area contributed by atoms with Gasteiger partial charge in [-0.15, -0.1) is 0 Å². The van der Waals surface area contributed by atoms with Gasteiger partial charge < -0.3 is 20.5 Å². The van der Waals surface area contributed by atoms with Crippen molar-refractivity contribution in [3.05, 3.63) is 57.2 Å². The third-order valence-electron chi connectivity index (χ3n) is 3.92. The summed E-state index contributed by atoms with van der Waals surface area (Å²) in [7, 11) is 0. The van der Waals surface area contributed by atoms with Crippen molar-refractivity contribution >= 4 is 40.0 Å². The minimum Gasteiger partial charge on any atom is -0.490 e. The third-order valence-corrected chi connectivity index (χ3v) is 4.64. The number of rotatable bonds is 9. The van der Waals surface area contributed by atoms with Gasteiger partial charge in [-0.2, -0.15) is 0 Å². The first-order chi connectivity index (χ1) is 13.3. The minimum atomic E-state index is -0.692. The zero-order chi connectivity index (χ0) is 20.7. The van der Waals surface area contributed by atoms with E-state index in [1.54, 1.807) is 30.3 Å². The molecule has 0 heterocycles. The minimum absolute atomic E-state index is 0.0638. The van der Waals surface area contributed by atoms with Crippen LogP contribution in [0.4, 0.5) is 5.69 Å². The molecule has 0 bridgehead atoms. The highest BCUT2D eigenvalue weighted by molar-refractivity contribution is 14.1. The Bertz CT molecular complexity index is 822. The molecule has 1 amide bonds. The van der Waals surface area contributed by atoms with E-state index in [4.69, 9.17) is 4.74 Å². The van der Waals surface area contributed by atoms with Crippen molar-refractivity contribution in [2.45, 2.75) is 32.9 Å². The number of aliphatic hydroxyl groups is 1. The van der Waals surface area contributed by atoms with Crippen LogP contribution in [0.5, 0.6) is 5.75 Å². The summed E-state index contributed by atoms with van der Waals surface area (Å²) < 4.78 is 6.67. The van der Waals surface area contributed by atoms with Crippen LogP contribution in [-0.4, -0.2) is 42.1 Å². The number of halogens is 1. The predicted molar refractivity (Wildman–Crippen MR) is 118 cm³/mol. The standard InChI is InChI=1S/C21H25IN2O4/c1-13(2)23-11-18(26)12-28-20-9-8-17(10-19(20)14(3)25)24-21(27)15-4-6-16(22)7-5-15/h4-10,13,18,23,26H,11-12H2,1-3H3,(H,24,27). The molecule has 150 valence electrons. The first-order valence-electron chi connectivity index (χ1n) is 9.02. The van der Waals surface area contributed by atoms with Crippen molar-refractivity contribution in [2.24, 2.45) is 0 Å². The number of aliphatic hydroxyl groups excluding tert-OH is 1. The Kier molecular flexibility index (Phi) is 8.40. The summed E-state index contributed by atoms with van der Waals surface area (Å²) in [4.78, 5) is 24.4. The summed E-state index contributed by atoms with van der Waals surface area (Å²) in [5, 5.41) is 15.9. The molecular weight excluding hydrogens is 471 g/mol. The summed E-state index contributed by atoms with van der Waals surface area (Å²) in [5.41, 5.74) is 1.39. The number of amides is 1. The first-order valence-corrected chi connectivity index (χ1v) is 10.1. The van der Waals surface area contributed by atoms with Gasteiger partial charge in [0.2, 0.25) is 0 Å². The zero-order valence-electron chi connectivity index (χ0n) is 16.2. The molecule has 7 heteroatoms. The van der Waals surface area contributed by atoms with Gasteiger partial charge in [-0.1, -0.05) is 13.8 Å². The lowest BCUT2D eigenvalue weighted by molar-refractivity contribution is 0.0967. The lowest BCUT2D eigenvalue weighted by Gasteiger charge is -2.17. The van der Waals surface area contributed by atoms with Crippen molar-refractivity contribution in [1.82, 2.24) is 5.32 Å². The normalized spacial score (nSPS) is 11.9. The Labute approximate surface area is 178 Å². The maximum atomic E-state index is 12.4. The Morgan fingerprint density at radius 2 is 1.82 bits per heavy atom. The van der Waals surface area contributed by atoms with Crippen molar-refractivity contribution in [1.29, 1.82) is 0 Å². The molecule has 0 radical (unpaired) electrons. The van der Waals surface area contributed by atoms with E-state index in [-0.39, 0.29) is 24.3 Å². The molecule has 28 heavy (non-hydrogen) atoms. The van der Waals surface area contributed by atoms with Gasteiger partial charge in [-0.05, 0) is 72.0 Å². The number of ether oxygens (including phenoxy) is 1. The Morgan fingerprint density at radius 3 is 2.43 bits per heavy atom. The number of Topliss-reactive ketones (excluding diaryl/α,β-unsaturated/α-hetero) is 1. The van der Waals surface area contributed by atoms with Gasteiger partial charge in [0.1, 0.15) is 18.5 Å². The number of hydrogen-bond donors (Lipinski definition) is 3. The van der Waals surface area contributed by atoms with Crippen LogP contribution < -0.4 is 15.4 Å².